The van der Waals surface area contributed by atoms with E-state index in [4.69, 9.17) is 4.74 Å². The Hall–Kier alpha value is -1.36. The average Bonchev–Trinajstić information content (AvgIpc) is 2.64. The Labute approximate surface area is 95.2 Å². The molecule has 90 valence electrons. The van der Waals surface area contributed by atoms with Crippen molar-refractivity contribution < 1.29 is 14.3 Å². The minimum absolute atomic E-state index is 0.119. The van der Waals surface area contributed by atoms with Crippen LogP contribution < -0.4 is 10.6 Å². The first-order chi connectivity index (χ1) is 7.72. The maximum atomic E-state index is 10.9. The van der Waals surface area contributed by atoms with Gasteiger partial charge >= 0.3 is 5.97 Å². The third kappa shape index (κ3) is 4.93. The monoisotopic (exact) mass is 226 g/mol. The first kappa shape index (κ1) is 12.7. The van der Waals surface area contributed by atoms with Crippen LogP contribution in [0, 0.1) is 0 Å². The third-order valence-electron chi connectivity index (χ3n) is 2.28. The highest BCUT2D eigenvalue weighted by Gasteiger charge is 2.19. The van der Waals surface area contributed by atoms with Crippen molar-refractivity contribution in [2.24, 2.45) is 0 Å². The zero-order valence-corrected chi connectivity index (χ0v) is 9.49. The summed E-state index contributed by atoms with van der Waals surface area (Å²) in [5, 5.41) is 5.99. The van der Waals surface area contributed by atoms with Gasteiger partial charge in [0.15, 0.2) is 0 Å². The summed E-state index contributed by atoms with van der Waals surface area (Å²) < 4.78 is 4.73. The van der Waals surface area contributed by atoms with E-state index in [9.17, 15) is 9.59 Å². The van der Waals surface area contributed by atoms with Gasteiger partial charge in [-0.15, -0.1) is 0 Å². The molecule has 1 aliphatic rings. The van der Waals surface area contributed by atoms with Gasteiger partial charge in [-0.05, 0) is 13.3 Å². The largest absolute Gasteiger partial charge is 0.463 e. The molecule has 0 aromatic carbocycles. The van der Waals surface area contributed by atoms with Crippen LogP contribution in [0.2, 0.25) is 0 Å². The quantitative estimate of drug-likeness (QED) is 0.379. The Morgan fingerprint density at radius 3 is 3.12 bits per heavy atom. The smallest absolute Gasteiger partial charge is 0.330 e. The molecular formula is C11H18N2O3. The van der Waals surface area contributed by atoms with Crippen LogP contribution >= 0.6 is 0 Å². The fourth-order valence-corrected chi connectivity index (χ4v) is 1.52. The average molecular weight is 226 g/mol. The van der Waals surface area contributed by atoms with Gasteiger partial charge in [-0.1, -0.05) is 6.08 Å². The highest BCUT2D eigenvalue weighted by Crippen LogP contribution is 2.04. The van der Waals surface area contributed by atoms with E-state index < -0.39 is 0 Å². The maximum Gasteiger partial charge on any atom is 0.330 e. The van der Waals surface area contributed by atoms with E-state index in [2.05, 4.69) is 10.6 Å². The van der Waals surface area contributed by atoms with Gasteiger partial charge in [0.25, 0.3) is 0 Å². The summed E-state index contributed by atoms with van der Waals surface area (Å²) in [5.74, 6) is -0.202. The predicted molar refractivity (Wildman–Crippen MR) is 59.8 cm³/mol. The van der Waals surface area contributed by atoms with E-state index in [0.29, 0.717) is 19.6 Å². The molecule has 1 aliphatic heterocycles. The first-order valence-corrected chi connectivity index (χ1v) is 5.55. The van der Waals surface area contributed by atoms with Crippen molar-refractivity contribution in [3.05, 3.63) is 12.2 Å². The molecule has 0 radical (unpaired) electrons. The van der Waals surface area contributed by atoms with Crippen LogP contribution in [0.5, 0.6) is 0 Å². The molecular weight excluding hydrogens is 208 g/mol. The molecule has 1 heterocycles. The number of rotatable bonds is 6. The van der Waals surface area contributed by atoms with Crippen LogP contribution in [0.15, 0.2) is 12.2 Å². The van der Waals surface area contributed by atoms with Gasteiger partial charge in [-0.2, -0.15) is 0 Å². The summed E-state index contributed by atoms with van der Waals surface area (Å²) in [7, 11) is 0. The number of esters is 1. The summed E-state index contributed by atoms with van der Waals surface area (Å²) >= 11 is 0. The lowest BCUT2D eigenvalue weighted by molar-refractivity contribution is -0.137. The summed E-state index contributed by atoms with van der Waals surface area (Å²) in [5.41, 5.74) is 0. The zero-order chi connectivity index (χ0) is 11.8. The first-order valence-electron chi connectivity index (χ1n) is 5.55. The molecule has 0 aliphatic carbocycles. The van der Waals surface area contributed by atoms with Crippen molar-refractivity contribution >= 4 is 11.9 Å². The zero-order valence-electron chi connectivity index (χ0n) is 9.49. The van der Waals surface area contributed by atoms with E-state index >= 15 is 0 Å². The van der Waals surface area contributed by atoms with Crippen molar-refractivity contribution in [3.63, 3.8) is 0 Å². The number of nitrogens with one attached hydrogen (secondary N) is 2. The van der Waals surface area contributed by atoms with Crippen molar-refractivity contribution in [2.45, 2.75) is 25.8 Å². The van der Waals surface area contributed by atoms with Crippen molar-refractivity contribution in [1.82, 2.24) is 10.6 Å². The topological polar surface area (TPSA) is 67.4 Å². The number of ether oxygens (including phenoxy) is 1. The standard InChI is InChI=1S/C11H18N2O3/c1-2-16-11(15)4-3-7-12-8-9-5-6-10(14)13-9/h3-4,9,12H,2,5-8H2,1H3,(H,13,14)/b4-3+. The summed E-state index contributed by atoms with van der Waals surface area (Å²) in [6.45, 7) is 3.50. The second-order valence-electron chi connectivity index (χ2n) is 3.62. The Kier molecular flexibility index (Phi) is 5.56. The molecule has 5 nitrogen and oxygen atoms in total. The molecule has 2 N–H and O–H groups in total. The Bertz CT molecular complexity index is 276. The van der Waals surface area contributed by atoms with Crippen LogP contribution in [0.1, 0.15) is 19.8 Å². The van der Waals surface area contributed by atoms with Crippen molar-refractivity contribution in [3.8, 4) is 0 Å². The SMILES string of the molecule is CCOC(=O)/C=C/CNCC1CCC(=O)N1. The van der Waals surface area contributed by atoms with Gasteiger partial charge in [0.1, 0.15) is 0 Å². The highest BCUT2D eigenvalue weighted by molar-refractivity contribution is 5.81. The van der Waals surface area contributed by atoms with E-state index in [-0.39, 0.29) is 17.9 Å². The molecule has 1 unspecified atom stereocenters. The number of hydrogen-bond acceptors (Lipinski definition) is 4. The van der Waals surface area contributed by atoms with Crippen molar-refractivity contribution in [1.29, 1.82) is 0 Å². The minimum atomic E-state index is -0.321. The van der Waals surface area contributed by atoms with E-state index in [1.54, 1.807) is 13.0 Å². The van der Waals surface area contributed by atoms with E-state index in [1.807, 2.05) is 0 Å². The van der Waals surface area contributed by atoms with Gasteiger partial charge in [0, 0.05) is 31.6 Å². The van der Waals surface area contributed by atoms with Gasteiger partial charge in [0.2, 0.25) is 5.91 Å². The molecule has 0 aromatic heterocycles. The number of carbonyl (C=O) groups excluding carboxylic acids is 2. The molecule has 0 spiro atoms. The lowest BCUT2D eigenvalue weighted by Crippen LogP contribution is -2.35. The molecule has 0 bridgehead atoms. The fraction of sp³-hybridized carbons (Fsp3) is 0.636. The molecule has 1 saturated heterocycles. The van der Waals surface area contributed by atoms with Crippen LogP contribution in [-0.2, 0) is 14.3 Å². The van der Waals surface area contributed by atoms with Gasteiger partial charge in [-0.3, -0.25) is 4.79 Å². The highest BCUT2D eigenvalue weighted by atomic mass is 16.5. The second kappa shape index (κ2) is 7.00. The van der Waals surface area contributed by atoms with Gasteiger partial charge < -0.3 is 15.4 Å². The van der Waals surface area contributed by atoms with Crippen LogP contribution in [0.4, 0.5) is 0 Å². The molecule has 0 saturated carbocycles. The maximum absolute atomic E-state index is 10.9. The van der Waals surface area contributed by atoms with Gasteiger partial charge in [0.05, 0.1) is 6.61 Å². The van der Waals surface area contributed by atoms with Crippen molar-refractivity contribution in [2.75, 3.05) is 19.7 Å². The predicted octanol–water partition coefficient (Wildman–Crippen LogP) is -0.0261. The number of carbonyl (C=O) groups is 2. The molecule has 1 atom stereocenters. The third-order valence-corrected chi connectivity index (χ3v) is 2.28. The molecule has 1 fully saturated rings. The minimum Gasteiger partial charge on any atom is -0.463 e. The number of amides is 1. The molecule has 0 aromatic rings. The Morgan fingerprint density at radius 2 is 2.50 bits per heavy atom. The van der Waals surface area contributed by atoms with Crippen LogP contribution in [-0.4, -0.2) is 37.6 Å². The fourth-order valence-electron chi connectivity index (χ4n) is 1.52. The van der Waals surface area contributed by atoms with Crippen LogP contribution in [0.25, 0.3) is 0 Å². The Balaban J connectivity index is 2.03. The van der Waals surface area contributed by atoms with E-state index in [1.165, 1.54) is 6.08 Å². The summed E-state index contributed by atoms with van der Waals surface area (Å²) in [4.78, 5) is 21.8. The second-order valence-corrected chi connectivity index (χ2v) is 3.62. The van der Waals surface area contributed by atoms with Gasteiger partial charge in [-0.25, -0.2) is 4.79 Å². The summed E-state index contributed by atoms with van der Waals surface area (Å²) in [6.07, 6.45) is 4.62. The molecule has 16 heavy (non-hydrogen) atoms. The lowest BCUT2D eigenvalue weighted by Gasteiger charge is -2.09. The molecule has 1 amide bonds. The number of hydrogen-bond donors (Lipinski definition) is 2. The van der Waals surface area contributed by atoms with E-state index in [0.717, 1.165) is 13.0 Å². The normalized spacial score (nSPS) is 20.1. The molecule has 5 heteroatoms. The molecule has 1 rings (SSSR count). The summed E-state index contributed by atoms with van der Waals surface area (Å²) in [6, 6.07) is 0.225. The van der Waals surface area contributed by atoms with Crippen LogP contribution in [0.3, 0.4) is 0 Å². The lowest BCUT2D eigenvalue weighted by atomic mass is 10.2. The Morgan fingerprint density at radius 1 is 1.69 bits per heavy atom.